The Morgan fingerprint density at radius 1 is 1.43 bits per heavy atom. The van der Waals surface area contributed by atoms with Gasteiger partial charge in [-0.3, -0.25) is 9.36 Å². The summed E-state index contributed by atoms with van der Waals surface area (Å²) in [7, 11) is 0. The maximum Gasteiger partial charge on any atom is 0.280 e. The molecule has 4 N–H and O–H groups in total. The number of anilines is 1. The summed E-state index contributed by atoms with van der Waals surface area (Å²) in [6.07, 6.45) is -0.321. The molecular weight excluding hydrogens is 304 g/mol. The number of imidazole rings is 1. The van der Waals surface area contributed by atoms with Crippen LogP contribution in [0.25, 0.3) is 11.0 Å². The predicted octanol–water partition coefficient (Wildman–Crippen LogP) is -1.03. The number of hydrogen-bond donors (Lipinski definition) is 4. The zero-order valence-electron chi connectivity index (χ0n) is 12.3. The fourth-order valence-electron chi connectivity index (χ4n) is 3.24. The van der Waals surface area contributed by atoms with E-state index < -0.39 is 24.7 Å². The monoisotopic (exact) mass is 322 g/mol. The summed E-state index contributed by atoms with van der Waals surface area (Å²) in [5, 5.41) is 31.7. The Morgan fingerprint density at radius 2 is 2.26 bits per heavy atom. The van der Waals surface area contributed by atoms with Gasteiger partial charge in [0.05, 0.1) is 24.6 Å². The lowest BCUT2D eigenvalue weighted by molar-refractivity contribution is -0.0430. The van der Waals surface area contributed by atoms with E-state index in [0.717, 1.165) is 0 Å². The highest BCUT2D eigenvalue weighted by molar-refractivity contribution is 5.77. The standard InChI is InChI=1S/C14H18N4O5/c19-5-9-8(20)4-12(23-9)18-6-15-13-7(18)3-10-16-11(21)1-2-17(10)14(13)22/h3,6,8-9,11-12,16,19-21H,1-2,4-5H2/t8-,9+,11-,12+/m0/s1. The first kappa shape index (κ1) is 14.6. The van der Waals surface area contributed by atoms with Crippen molar-refractivity contribution >= 4 is 16.9 Å². The zero-order valence-corrected chi connectivity index (χ0v) is 12.3. The van der Waals surface area contributed by atoms with E-state index in [1.165, 1.54) is 6.33 Å². The van der Waals surface area contributed by atoms with Gasteiger partial charge in [-0.1, -0.05) is 0 Å². The molecular formula is C14H18N4O5. The van der Waals surface area contributed by atoms with Crippen LogP contribution < -0.4 is 10.9 Å². The first-order chi connectivity index (χ1) is 11.1. The first-order valence-electron chi connectivity index (χ1n) is 7.58. The molecule has 4 rings (SSSR count). The molecule has 2 aliphatic heterocycles. The maximum absolute atomic E-state index is 12.5. The van der Waals surface area contributed by atoms with Crippen LogP contribution in [0.1, 0.15) is 19.1 Å². The van der Waals surface area contributed by atoms with Gasteiger partial charge in [0.1, 0.15) is 24.4 Å². The molecule has 0 saturated carbocycles. The van der Waals surface area contributed by atoms with Crippen LogP contribution in [0.4, 0.5) is 5.82 Å². The van der Waals surface area contributed by atoms with Crippen LogP contribution in [0, 0.1) is 0 Å². The van der Waals surface area contributed by atoms with Crippen molar-refractivity contribution < 1.29 is 20.1 Å². The van der Waals surface area contributed by atoms with Crippen molar-refractivity contribution in [2.75, 3.05) is 11.9 Å². The van der Waals surface area contributed by atoms with E-state index in [1.807, 2.05) is 0 Å². The van der Waals surface area contributed by atoms with Crippen molar-refractivity contribution in [2.45, 2.75) is 44.1 Å². The molecule has 9 nitrogen and oxygen atoms in total. The Bertz CT molecular complexity index is 800. The van der Waals surface area contributed by atoms with Crippen LogP contribution >= 0.6 is 0 Å². The van der Waals surface area contributed by atoms with Gasteiger partial charge in [-0.2, -0.15) is 0 Å². The number of aliphatic hydroxyl groups excluding tert-OH is 3. The van der Waals surface area contributed by atoms with Gasteiger partial charge in [0.2, 0.25) is 0 Å². The number of ether oxygens (including phenoxy) is 1. The highest BCUT2D eigenvalue weighted by Gasteiger charge is 2.35. The molecule has 0 amide bonds. The third kappa shape index (κ3) is 2.24. The largest absolute Gasteiger partial charge is 0.394 e. The van der Waals surface area contributed by atoms with Gasteiger partial charge >= 0.3 is 0 Å². The molecule has 0 spiro atoms. The Labute approximate surface area is 130 Å². The molecule has 9 heteroatoms. The quantitative estimate of drug-likeness (QED) is 0.558. The molecule has 0 bridgehead atoms. The molecule has 4 atom stereocenters. The molecule has 2 aliphatic rings. The van der Waals surface area contributed by atoms with Crippen LogP contribution in [0.15, 0.2) is 17.2 Å². The molecule has 1 saturated heterocycles. The van der Waals surface area contributed by atoms with Gasteiger partial charge in [-0.25, -0.2) is 4.98 Å². The Balaban J connectivity index is 1.79. The summed E-state index contributed by atoms with van der Waals surface area (Å²) < 4.78 is 8.85. The number of rotatable bonds is 2. The molecule has 0 aromatic carbocycles. The lowest BCUT2D eigenvalue weighted by Crippen LogP contribution is -2.34. The lowest BCUT2D eigenvalue weighted by Gasteiger charge is -2.24. The van der Waals surface area contributed by atoms with Gasteiger partial charge in [0.15, 0.2) is 5.52 Å². The highest BCUT2D eigenvalue weighted by Crippen LogP contribution is 2.31. The van der Waals surface area contributed by atoms with Crippen LogP contribution in [0.5, 0.6) is 0 Å². The second-order valence-corrected chi connectivity index (χ2v) is 5.94. The van der Waals surface area contributed by atoms with E-state index in [0.29, 0.717) is 36.2 Å². The zero-order chi connectivity index (χ0) is 16.1. The molecule has 4 heterocycles. The van der Waals surface area contributed by atoms with E-state index in [2.05, 4.69) is 10.3 Å². The minimum Gasteiger partial charge on any atom is -0.394 e. The lowest BCUT2D eigenvalue weighted by atomic mass is 10.2. The number of nitrogens with zero attached hydrogens (tertiary/aromatic N) is 3. The van der Waals surface area contributed by atoms with Crippen molar-refractivity contribution in [2.24, 2.45) is 0 Å². The third-order valence-electron chi connectivity index (χ3n) is 4.48. The molecule has 1 fully saturated rings. The highest BCUT2D eigenvalue weighted by atomic mass is 16.5. The fraction of sp³-hybridized carbons (Fsp3) is 0.571. The van der Waals surface area contributed by atoms with Crippen molar-refractivity contribution in [1.29, 1.82) is 0 Å². The second-order valence-electron chi connectivity index (χ2n) is 5.94. The maximum atomic E-state index is 12.5. The molecule has 2 aromatic heterocycles. The van der Waals surface area contributed by atoms with Gasteiger partial charge in [0, 0.05) is 25.5 Å². The number of aliphatic hydroxyl groups is 3. The van der Waals surface area contributed by atoms with Crippen LogP contribution in [-0.4, -0.2) is 54.5 Å². The average Bonchev–Trinajstić information content (AvgIpc) is 3.10. The summed E-state index contributed by atoms with van der Waals surface area (Å²) in [5.41, 5.74) is 0.657. The summed E-state index contributed by atoms with van der Waals surface area (Å²) in [5.74, 6) is 0.528. The van der Waals surface area contributed by atoms with E-state index in [9.17, 15) is 20.1 Å². The Kier molecular flexibility index (Phi) is 3.38. The molecule has 0 unspecified atom stereocenters. The predicted molar refractivity (Wildman–Crippen MR) is 79.9 cm³/mol. The SMILES string of the molecule is O=c1c2ncn([C@H]3C[C@H](O)[C@@H](CO)O3)c2cc2n1CC[C@H](O)N2. The van der Waals surface area contributed by atoms with Crippen molar-refractivity contribution in [3.63, 3.8) is 0 Å². The van der Waals surface area contributed by atoms with Crippen molar-refractivity contribution in [3.8, 4) is 0 Å². The van der Waals surface area contributed by atoms with Crippen LogP contribution in [0.3, 0.4) is 0 Å². The molecule has 0 radical (unpaired) electrons. The van der Waals surface area contributed by atoms with Gasteiger partial charge < -0.3 is 29.9 Å². The smallest absolute Gasteiger partial charge is 0.280 e. The minimum atomic E-state index is -0.763. The van der Waals surface area contributed by atoms with Crippen LogP contribution in [0.2, 0.25) is 0 Å². The van der Waals surface area contributed by atoms with E-state index in [1.54, 1.807) is 15.2 Å². The van der Waals surface area contributed by atoms with Crippen LogP contribution in [-0.2, 0) is 11.3 Å². The third-order valence-corrected chi connectivity index (χ3v) is 4.48. The summed E-state index contributed by atoms with van der Waals surface area (Å²) in [6.45, 7) is 0.159. The van der Waals surface area contributed by atoms with Gasteiger partial charge in [-0.05, 0) is 0 Å². The average molecular weight is 322 g/mol. The topological polar surface area (TPSA) is 122 Å². The summed E-state index contributed by atoms with van der Waals surface area (Å²) in [4.78, 5) is 16.7. The number of hydrogen-bond acceptors (Lipinski definition) is 7. The van der Waals surface area contributed by atoms with E-state index >= 15 is 0 Å². The molecule has 124 valence electrons. The molecule has 0 aliphatic carbocycles. The number of nitrogens with one attached hydrogen (secondary N) is 1. The first-order valence-corrected chi connectivity index (χ1v) is 7.58. The van der Waals surface area contributed by atoms with Gasteiger partial charge in [0.25, 0.3) is 5.56 Å². The number of fused-ring (bicyclic) bond motifs is 2. The van der Waals surface area contributed by atoms with Crippen molar-refractivity contribution in [1.82, 2.24) is 14.1 Å². The Hall–Kier alpha value is -1.94. The second kappa shape index (κ2) is 5.31. The molecule has 2 aromatic rings. The summed E-state index contributed by atoms with van der Waals surface area (Å²) in [6, 6.07) is 1.74. The van der Waals surface area contributed by atoms with Gasteiger partial charge in [-0.15, -0.1) is 0 Å². The van der Waals surface area contributed by atoms with E-state index in [4.69, 9.17) is 4.74 Å². The molecule has 23 heavy (non-hydrogen) atoms. The summed E-state index contributed by atoms with van der Waals surface area (Å²) >= 11 is 0. The minimum absolute atomic E-state index is 0.229. The normalized spacial score (nSPS) is 30.4. The van der Waals surface area contributed by atoms with Crippen molar-refractivity contribution in [3.05, 3.63) is 22.7 Å². The fourth-order valence-corrected chi connectivity index (χ4v) is 3.24. The number of aromatic nitrogens is 3. The van der Waals surface area contributed by atoms with E-state index in [-0.39, 0.29) is 12.2 Å². The number of pyridine rings is 1. The Morgan fingerprint density at radius 3 is 3.00 bits per heavy atom.